The molecule has 2 N–H and O–H groups in total. The van der Waals surface area contributed by atoms with Crippen LogP contribution in [0.2, 0.25) is 0 Å². The standard InChI is InChI=1S/C14H16O2/c15-9-7-12-6-5-11-3-1-2-4-13(11)14(12)8-10-16/h1-6,15-16H,7-10H2. The highest BCUT2D eigenvalue weighted by Gasteiger charge is 2.06. The maximum atomic E-state index is 9.11. The van der Waals surface area contributed by atoms with Gasteiger partial charge in [-0.15, -0.1) is 0 Å². The maximum absolute atomic E-state index is 9.11. The lowest BCUT2D eigenvalue weighted by Crippen LogP contribution is -2.01. The Bertz CT molecular complexity index is 477. The van der Waals surface area contributed by atoms with Gasteiger partial charge in [-0.2, -0.15) is 0 Å². The van der Waals surface area contributed by atoms with Gasteiger partial charge in [0.05, 0.1) is 0 Å². The molecule has 0 saturated carbocycles. The summed E-state index contributed by atoms with van der Waals surface area (Å²) in [6.07, 6.45) is 1.30. The van der Waals surface area contributed by atoms with E-state index in [9.17, 15) is 0 Å². The van der Waals surface area contributed by atoms with Crippen LogP contribution in [0.1, 0.15) is 11.1 Å². The Kier molecular flexibility index (Phi) is 3.54. The van der Waals surface area contributed by atoms with E-state index in [1.54, 1.807) is 0 Å². The Balaban J connectivity index is 2.58. The van der Waals surface area contributed by atoms with Crippen LogP contribution in [-0.2, 0) is 12.8 Å². The van der Waals surface area contributed by atoms with Gasteiger partial charge in [-0.1, -0.05) is 36.4 Å². The molecule has 2 aromatic carbocycles. The average molecular weight is 216 g/mol. The van der Waals surface area contributed by atoms with E-state index >= 15 is 0 Å². The van der Waals surface area contributed by atoms with E-state index in [0.29, 0.717) is 12.8 Å². The third-order valence-electron chi connectivity index (χ3n) is 2.88. The van der Waals surface area contributed by atoms with Gasteiger partial charge in [-0.05, 0) is 34.7 Å². The minimum absolute atomic E-state index is 0.145. The molecule has 0 aromatic heterocycles. The summed E-state index contributed by atoms with van der Waals surface area (Å²) in [5.74, 6) is 0. The molecule has 0 spiro atoms. The SMILES string of the molecule is OCCc1ccc2ccccc2c1CCO. The van der Waals surface area contributed by atoms with Crippen LogP contribution in [0.3, 0.4) is 0 Å². The van der Waals surface area contributed by atoms with Crippen molar-refractivity contribution in [2.75, 3.05) is 13.2 Å². The minimum atomic E-state index is 0.145. The van der Waals surface area contributed by atoms with Gasteiger partial charge in [0.25, 0.3) is 0 Å². The summed E-state index contributed by atoms with van der Waals surface area (Å²) in [6.45, 7) is 0.295. The van der Waals surface area contributed by atoms with Crippen LogP contribution in [0.15, 0.2) is 36.4 Å². The first-order valence-corrected chi connectivity index (χ1v) is 5.58. The zero-order valence-corrected chi connectivity index (χ0v) is 9.19. The summed E-state index contributed by atoms with van der Waals surface area (Å²) in [4.78, 5) is 0. The number of aliphatic hydroxyl groups excluding tert-OH is 2. The predicted molar refractivity (Wildman–Crippen MR) is 65.5 cm³/mol. The monoisotopic (exact) mass is 216 g/mol. The van der Waals surface area contributed by atoms with Crippen molar-refractivity contribution in [3.8, 4) is 0 Å². The Hall–Kier alpha value is -1.38. The van der Waals surface area contributed by atoms with Crippen LogP contribution < -0.4 is 0 Å². The molecule has 2 rings (SSSR count). The Morgan fingerprint density at radius 2 is 1.56 bits per heavy atom. The summed E-state index contributed by atoms with van der Waals surface area (Å²) in [7, 11) is 0. The van der Waals surface area contributed by atoms with Crippen LogP contribution >= 0.6 is 0 Å². The second-order valence-corrected chi connectivity index (χ2v) is 3.87. The summed E-state index contributed by atoms with van der Waals surface area (Å²) < 4.78 is 0. The second kappa shape index (κ2) is 5.10. The molecule has 0 atom stereocenters. The Morgan fingerprint density at radius 3 is 2.31 bits per heavy atom. The van der Waals surface area contributed by atoms with Crippen LogP contribution in [0.4, 0.5) is 0 Å². The van der Waals surface area contributed by atoms with Crippen molar-refractivity contribution in [3.05, 3.63) is 47.5 Å². The molecule has 0 bridgehead atoms. The van der Waals surface area contributed by atoms with Gasteiger partial charge < -0.3 is 10.2 Å². The third kappa shape index (κ3) is 2.08. The third-order valence-corrected chi connectivity index (χ3v) is 2.88. The fourth-order valence-electron chi connectivity index (χ4n) is 2.14. The zero-order valence-electron chi connectivity index (χ0n) is 9.19. The van der Waals surface area contributed by atoms with E-state index in [1.807, 2.05) is 18.2 Å². The lowest BCUT2D eigenvalue weighted by molar-refractivity contribution is 0.293. The van der Waals surface area contributed by atoms with Crippen LogP contribution in [0.25, 0.3) is 10.8 Å². The summed E-state index contributed by atoms with van der Waals surface area (Å²) in [6, 6.07) is 12.3. The normalized spacial score (nSPS) is 10.9. The highest BCUT2D eigenvalue weighted by Crippen LogP contribution is 2.23. The molecule has 0 heterocycles. The van der Waals surface area contributed by atoms with Gasteiger partial charge in [0, 0.05) is 13.2 Å². The van der Waals surface area contributed by atoms with Gasteiger partial charge in [-0.25, -0.2) is 0 Å². The summed E-state index contributed by atoms with van der Waals surface area (Å²) >= 11 is 0. The van der Waals surface area contributed by atoms with E-state index in [0.717, 1.165) is 11.1 Å². The van der Waals surface area contributed by atoms with Gasteiger partial charge in [0.15, 0.2) is 0 Å². The number of hydrogen-bond donors (Lipinski definition) is 2. The first-order valence-electron chi connectivity index (χ1n) is 5.58. The zero-order chi connectivity index (χ0) is 11.4. The van der Waals surface area contributed by atoms with Crippen molar-refractivity contribution < 1.29 is 10.2 Å². The van der Waals surface area contributed by atoms with Gasteiger partial charge >= 0.3 is 0 Å². The van der Waals surface area contributed by atoms with Gasteiger partial charge in [0.1, 0.15) is 0 Å². The average Bonchev–Trinajstić information content (AvgIpc) is 2.32. The van der Waals surface area contributed by atoms with Crippen molar-refractivity contribution in [1.29, 1.82) is 0 Å². The highest BCUT2D eigenvalue weighted by molar-refractivity contribution is 5.86. The van der Waals surface area contributed by atoms with Crippen molar-refractivity contribution in [1.82, 2.24) is 0 Å². The predicted octanol–water partition coefficient (Wildman–Crippen LogP) is 1.91. The van der Waals surface area contributed by atoms with E-state index in [4.69, 9.17) is 10.2 Å². The molecule has 0 amide bonds. The van der Waals surface area contributed by atoms with E-state index < -0.39 is 0 Å². The van der Waals surface area contributed by atoms with E-state index in [1.165, 1.54) is 10.8 Å². The molecule has 16 heavy (non-hydrogen) atoms. The van der Waals surface area contributed by atoms with Gasteiger partial charge in [0.2, 0.25) is 0 Å². The molecule has 0 saturated heterocycles. The molecular weight excluding hydrogens is 200 g/mol. The molecule has 0 aliphatic rings. The first kappa shape index (κ1) is 11.1. The van der Waals surface area contributed by atoms with Crippen molar-refractivity contribution in [3.63, 3.8) is 0 Å². The number of rotatable bonds is 4. The van der Waals surface area contributed by atoms with Gasteiger partial charge in [-0.3, -0.25) is 0 Å². The topological polar surface area (TPSA) is 40.5 Å². The first-order chi connectivity index (χ1) is 7.86. The van der Waals surface area contributed by atoms with E-state index in [2.05, 4.69) is 18.2 Å². The molecule has 0 fully saturated rings. The molecule has 2 heteroatoms. The largest absolute Gasteiger partial charge is 0.396 e. The number of aliphatic hydroxyl groups is 2. The quantitative estimate of drug-likeness (QED) is 0.819. The number of benzene rings is 2. The van der Waals surface area contributed by atoms with Crippen LogP contribution in [-0.4, -0.2) is 23.4 Å². The molecule has 0 aliphatic carbocycles. The molecular formula is C14H16O2. The van der Waals surface area contributed by atoms with Crippen LogP contribution in [0, 0.1) is 0 Å². The Morgan fingerprint density at radius 1 is 0.812 bits per heavy atom. The fraction of sp³-hybridized carbons (Fsp3) is 0.286. The summed E-state index contributed by atoms with van der Waals surface area (Å²) in [5, 5.41) is 20.5. The molecule has 0 aliphatic heterocycles. The van der Waals surface area contributed by atoms with E-state index in [-0.39, 0.29) is 13.2 Å². The van der Waals surface area contributed by atoms with Crippen molar-refractivity contribution in [2.45, 2.75) is 12.8 Å². The lowest BCUT2D eigenvalue weighted by Gasteiger charge is -2.11. The number of hydrogen-bond acceptors (Lipinski definition) is 2. The minimum Gasteiger partial charge on any atom is -0.396 e. The summed E-state index contributed by atoms with van der Waals surface area (Å²) in [5.41, 5.74) is 2.30. The van der Waals surface area contributed by atoms with Crippen molar-refractivity contribution in [2.24, 2.45) is 0 Å². The second-order valence-electron chi connectivity index (χ2n) is 3.87. The highest BCUT2D eigenvalue weighted by atomic mass is 16.3. The maximum Gasteiger partial charge on any atom is 0.0471 e. The molecule has 0 unspecified atom stereocenters. The molecule has 2 aromatic rings. The molecule has 2 nitrogen and oxygen atoms in total. The lowest BCUT2D eigenvalue weighted by atomic mass is 9.95. The van der Waals surface area contributed by atoms with Crippen LogP contribution in [0.5, 0.6) is 0 Å². The molecule has 84 valence electrons. The van der Waals surface area contributed by atoms with Crippen molar-refractivity contribution >= 4 is 10.8 Å². The molecule has 0 radical (unpaired) electrons. The fourth-order valence-corrected chi connectivity index (χ4v) is 2.14. The Labute approximate surface area is 95.2 Å². The number of fused-ring (bicyclic) bond motifs is 1. The smallest absolute Gasteiger partial charge is 0.0471 e.